The van der Waals surface area contributed by atoms with Crippen LogP contribution in [0.4, 0.5) is 14.6 Å². The van der Waals surface area contributed by atoms with Gasteiger partial charge in [-0.15, -0.1) is 0 Å². The Morgan fingerprint density at radius 2 is 1.83 bits per heavy atom. The molecule has 1 aliphatic carbocycles. The van der Waals surface area contributed by atoms with Crippen LogP contribution in [0.3, 0.4) is 0 Å². The summed E-state index contributed by atoms with van der Waals surface area (Å²) >= 11 is 0. The van der Waals surface area contributed by atoms with Crippen LogP contribution < -0.4 is 5.32 Å². The Morgan fingerprint density at radius 1 is 1.11 bits per heavy atom. The van der Waals surface area contributed by atoms with Crippen molar-refractivity contribution in [1.82, 2.24) is 24.6 Å². The standard InChI is InChI=1S/C23H20F2N6O2.C2H6/c1-4-19(32)17-5-11(2)15(10-26-17)14-6-13-9-27-20(29-22(33)16-8-23(16,24)25)7-18(13)31-21(14)28-12(3)30-31;1-2/h5-7,9-10,16H,4,8H2,1-3H3,(H,27,29,33);1-2H3. The number of hydrogen-bond acceptors (Lipinski definition) is 6. The third-order valence-corrected chi connectivity index (χ3v) is 5.80. The van der Waals surface area contributed by atoms with Gasteiger partial charge in [0.25, 0.3) is 5.92 Å². The van der Waals surface area contributed by atoms with Gasteiger partial charge in [-0.05, 0) is 31.5 Å². The molecule has 1 fully saturated rings. The minimum Gasteiger partial charge on any atom is -0.310 e. The fourth-order valence-corrected chi connectivity index (χ4v) is 3.88. The highest BCUT2D eigenvalue weighted by Crippen LogP contribution is 2.49. The van der Waals surface area contributed by atoms with Gasteiger partial charge in [-0.3, -0.25) is 14.6 Å². The minimum atomic E-state index is -2.95. The summed E-state index contributed by atoms with van der Waals surface area (Å²) in [6, 6.07) is 5.24. The number of nitrogens with one attached hydrogen (secondary N) is 1. The fourth-order valence-electron chi connectivity index (χ4n) is 3.88. The maximum atomic E-state index is 13.2. The number of aryl methyl sites for hydroxylation is 2. The van der Waals surface area contributed by atoms with E-state index in [0.29, 0.717) is 34.5 Å². The first-order chi connectivity index (χ1) is 16.7. The van der Waals surface area contributed by atoms with E-state index >= 15 is 0 Å². The normalized spacial score (nSPS) is 16.0. The molecule has 1 amide bonds. The first-order valence-electron chi connectivity index (χ1n) is 11.5. The molecule has 35 heavy (non-hydrogen) atoms. The van der Waals surface area contributed by atoms with Gasteiger partial charge in [0, 0.05) is 47.8 Å². The van der Waals surface area contributed by atoms with E-state index in [9.17, 15) is 18.4 Å². The Labute approximate surface area is 200 Å². The molecule has 0 aliphatic heterocycles. The molecule has 1 atom stereocenters. The molecule has 0 bridgehead atoms. The Morgan fingerprint density at radius 3 is 2.46 bits per heavy atom. The topological polar surface area (TPSA) is 102 Å². The Balaban J connectivity index is 0.00000141. The molecule has 8 nitrogen and oxygen atoms in total. The first-order valence-corrected chi connectivity index (χ1v) is 11.5. The third-order valence-electron chi connectivity index (χ3n) is 5.80. The number of nitrogens with zero attached hydrogens (tertiary/aromatic N) is 5. The molecule has 182 valence electrons. The molecule has 10 heteroatoms. The summed E-state index contributed by atoms with van der Waals surface area (Å²) in [5.74, 6) is -4.35. The van der Waals surface area contributed by atoms with Crippen LogP contribution in [0.5, 0.6) is 0 Å². The number of amides is 1. The average Bonchev–Trinajstić information content (AvgIpc) is 3.30. The largest absolute Gasteiger partial charge is 0.310 e. The first kappa shape index (κ1) is 24.3. The lowest BCUT2D eigenvalue weighted by molar-refractivity contribution is -0.119. The predicted molar refractivity (Wildman–Crippen MR) is 129 cm³/mol. The van der Waals surface area contributed by atoms with Crippen LogP contribution in [-0.4, -0.2) is 42.2 Å². The van der Waals surface area contributed by atoms with Gasteiger partial charge in [-0.2, -0.15) is 5.10 Å². The molecule has 0 radical (unpaired) electrons. The highest BCUT2D eigenvalue weighted by Gasteiger charge is 2.61. The van der Waals surface area contributed by atoms with Crippen molar-refractivity contribution in [3.05, 3.63) is 47.7 Å². The smallest absolute Gasteiger partial charge is 0.260 e. The van der Waals surface area contributed by atoms with Crippen molar-refractivity contribution in [2.75, 3.05) is 5.32 Å². The summed E-state index contributed by atoms with van der Waals surface area (Å²) in [6.45, 7) is 9.45. The monoisotopic (exact) mass is 480 g/mol. The van der Waals surface area contributed by atoms with E-state index in [-0.39, 0.29) is 11.6 Å². The second-order valence-corrected chi connectivity index (χ2v) is 8.25. The van der Waals surface area contributed by atoms with Crippen LogP contribution >= 0.6 is 0 Å². The number of alkyl halides is 2. The van der Waals surface area contributed by atoms with Gasteiger partial charge in [-0.1, -0.05) is 20.8 Å². The number of Topliss-reactive ketones (excluding diaryl/α,β-unsaturated/α-hetero) is 1. The number of aromatic nitrogens is 5. The second-order valence-electron chi connectivity index (χ2n) is 8.25. The average molecular weight is 481 g/mol. The van der Waals surface area contributed by atoms with Gasteiger partial charge in [0.2, 0.25) is 5.91 Å². The summed E-state index contributed by atoms with van der Waals surface area (Å²) in [7, 11) is 0. The van der Waals surface area contributed by atoms with Crippen molar-refractivity contribution in [3.8, 4) is 11.1 Å². The maximum Gasteiger partial charge on any atom is 0.260 e. The third kappa shape index (κ3) is 4.48. The van der Waals surface area contributed by atoms with E-state index in [4.69, 9.17) is 0 Å². The number of hydrogen-bond donors (Lipinski definition) is 1. The van der Waals surface area contributed by atoms with Crippen LogP contribution in [0.2, 0.25) is 0 Å². The fraction of sp³-hybridized carbons (Fsp3) is 0.360. The number of carbonyl (C=O) groups is 2. The highest BCUT2D eigenvalue weighted by molar-refractivity contribution is 5.98. The number of pyridine rings is 3. The van der Waals surface area contributed by atoms with Crippen LogP contribution in [0.15, 0.2) is 30.6 Å². The Hall–Kier alpha value is -3.82. The summed E-state index contributed by atoms with van der Waals surface area (Å²) in [4.78, 5) is 37.2. The van der Waals surface area contributed by atoms with Gasteiger partial charge in [0.15, 0.2) is 11.4 Å². The summed E-state index contributed by atoms with van der Waals surface area (Å²) in [5, 5.41) is 7.66. The lowest BCUT2D eigenvalue weighted by Crippen LogP contribution is -2.18. The van der Waals surface area contributed by atoms with Crippen molar-refractivity contribution < 1.29 is 18.4 Å². The maximum absolute atomic E-state index is 13.2. The zero-order valence-electron chi connectivity index (χ0n) is 20.2. The molecule has 1 saturated carbocycles. The van der Waals surface area contributed by atoms with Gasteiger partial charge in [0.05, 0.1) is 5.52 Å². The van der Waals surface area contributed by atoms with Crippen molar-refractivity contribution in [3.63, 3.8) is 0 Å². The van der Waals surface area contributed by atoms with Crippen LogP contribution in [0.1, 0.15) is 55.5 Å². The SMILES string of the molecule is CC.CCC(=O)c1cc(C)c(-c2cc3cnc(NC(=O)C4CC4(F)F)cc3n3nc(C)nc23)cn1. The van der Waals surface area contributed by atoms with Gasteiger partial charge >= 0.3 is 0 Å². The molecular weight excluding hydrogens is 454 g/mol. The number of carbonyl (C=O) groups excluding carboxylic acids is 2. The van der Waals surface area contributed by atoms with E-state index in [1.165, 1.54) is 0 Å². The van der Waals surface area contributed by atoms with Crippen molar-refractivity contribution in [1.29, 1.82) is 0 Å². The molecule has 1 aliphatic rings. The number of halogens is 2. The number of ketones is 1. The van der Waals surface area contributed by atoms with E-state index in [1.54, 1.807) is 42.9 Å². The Kier molecular flexibility index (Phi) is 6.31. The molecule has 4 aromatic rings. The van der Waals surface area contributed by atoms with Gasteiger partial charge < -0.3 is 5.32 Å². The van der Waals surface area contributed by atoms with Crippen molar-refractivity contribution in [2.24, 2.45) is 5.92 Å². The zero-order valence-corrected chi connectivity index (χ0v) is 20.2. The number of rotatable bonds is 5. The summed E-state index contributed by atoms with van der Waals surface area (Å²) in [5.41, 5.74) is 4.03. The number of anilines is 1. The number of fused-ring (bicyclic) bond motifs is 3. The lowest BCUT2D eigenvalue weighted by atomic mass is 10.0. The quantitative estimate of drug-likeness (QED) is 0.396. The van der Waals surface area contributed by atoms with Gasteiger partial charge in [-0.25, -0.2) is 23.3 Å². The van der Waals surface area contributed by atoms with Crippen LogP contribution in [-0.2, 0) is 4.79 Å². The molecule has 5 rings (SSSR count). The zero-order chi connectivity index (χ0) is 25.5. The van der Waals surface area contributed by atoms with Crippen LogP contribution in [0.25, 0.3) is 27.7 Å². The molecule has 0 saturated heterocycles. The second kappa shape index (κ2) is 9.09. The van der Waals surface area contributed by atoms with E-state index < -0.39 is 24.2 Å². The minimum absolute atomic E-state index is 0.0330. The van der Waals surface area contributed by atoms with Gasteiger partial charge in [0.1, 0.15) is 23.3 Å². The molecular formula is C25H26F2N6O2. The summed E-state index contributed by atoms with van der Waals surface area (Å²) < 4.78 is 28.1. The molecule has 1 N–H and O–H groups in total. The molecule has 4 heterocycles. The van der Waals surface area contributed by atoms with Crippen molar-refractivity contribution >= 4 is 34.1 Å². The highest BCUT2D eigenvalue weighted by atomic mass is 19.3. The van der Waals surface area contributed by atoms with Crippen molar-refractivity contribution in [2.45, 2.75) is 53.4 Å². The van der Waals surface area contributed by atoms with E-state index in [1.807, 2.05) is 26.8 Å². The molecule has 0 aromatic carbocycles. The van der Waals surface area contributed by atoms with E-state index in [2.05, 4.69) is 25.4 Å². The van der Waals surface area contributed by atoms with E-state index in [0.717, 1.165) is 16.7 Å². The molecule has 1 unspecified atom stereocenters. The molecule has 0 spiro atoms. The predicted octanol–water partition coefficient (Wildman–Crippen LogP) is 5.17. The molecule has 4 aromatic heterocycles. The van der Waals surface area contributed by atoms with Crippen LogP contribution in [0, 0.1) is 19.8 Å². The Bertz CT molecular complexity index is 1460. The summed E-state index contributed by atoms with van der Waals surface area (Å²) in [6.07, 6.45) is 3.13. The lowest BCUT2D eigenvalue weighted by Gasteiger charge is -2.11.